The van der Waals surface area contributed by atoms with Gasteiger partial charge in [0.25, 0.3) is 0 Å². The van der Waals surface area contributed by atoms with Gasteiger partial charge in [-0.05, 0) is 18.2 Å². The SMILES string of the molecule is COC1[C]=CC(Cl)(OC)C=C1. The highest BCUT2D eigenvalue weighted by atomic mass is 35.5. The lowest BCUT2D eigenvalue weighted by Crippen LogP contribution is -2.23. The Morgan fingerprint density at radius 2 is 2.27 bits per heavy atom. The summed E-state index contributed by atoms with van der Waals surface area (Å²) in [6.07, 6.45) is 8.00. The second-order valence-electron chi connectivity index (χ2n) is 2.23. The first-order valence-corrected chi connectivity index (χ1v) is 3.64. The molecule has 1 rings (SSSR count). The van der Waals surface area contributed by atoms with Gasteiger partial charge in [0.15, 0.2) is 5.06 Å². The molecule has 3 heteroatoms. The molecule has 2 atom stereocenters. The van der Waals surface area contributed by atoms with Crippen LogP contribution in [0.4, 0.5) is 0 Å². The van der Waals surface area contributed by atoms with E-state index in [1.54, 1.807) is 32.4 Å². The molecular weight excluding hydrogens is 164 g/mol. The number of ether oxygens (including phenoxy) is 2. The molecule has 11 heavy (non-hydrogen) atoms. The predicted molar refractivity (Wildman–Crippen MR) is 43.3 cm³/mol. The summed E-state index contributed by atoms with van der Waals surface area (Å²) in [4.78, 5) is 0. The highest BCUT2D eigenvalue weighted by molar-refractivity contribution is 6.25. The zero-order valence-corrected chi connectivity index (χ0v) is 7.26. The van der Waals surface area contributed by atoms with Crippen LogP contribution in [0.15, 0.2) is 18.2 Å². The molecule has 0 saturated carbocycles. The first-order chi connectivity index (χ1) is 5.20. The summed E-state index contributed by atoms with van der Waals surface area (Å²) < 4.78 is 9.96. The van der Waals surface area contributed by atoms with Gasteiger partial charge in [-0.15, -0.1) is 0 Å². The van der Waals surface area contributed by atoms with Crippen LogP contribution in [0.1, 0.15) is 0 Å². The Kier molecular flexibility index (Phi) is 2.71. The molecule has 0 aromatic carbocycles. The highest BCUT2D eigenvalue weighted by Gasteiger charge is 2.22. The van der Waals surface area contributed by atoms with Gasteiger partial charge in [0.1, 0.15) is 6.10 Å². The molecule has 0 fully saturated rings. The average Bonchev–Trinajstić information content (AvgIpc) is 2.06. The molecule has 0 bridgehead atoms. The van der Waals surface area contributed by atoms with Crippen LogP contribution in [0.3, 0.4) is 0 Å². The van der Waals surface area contributed by atoms with Gasteiger partial charge in [0, 0.05) is 14.2 Å². The fourth-order valence-electron chi connectivity index (χ4n) is 0.792. The van der Waals surface area contributed by atoms with Crippen LogP contribution < -0.4 is 0 Å². The van der Waals surface area contributed by atoms with Gasteiger partial charge in [-0.25, -0.2) is 0 Å². The molecule has 0 aromatic rings. The van der Waals surface area contributed by atoms with Crippen molar-refractivity contribution in [3.8, 4) is 0 Å². The van der Waals surface area contributed by atoms with Gasteiger partial charge >= 0.3 is 0 Å². The van der Waals surface area contributed by atoms with Gasteiger partial charge in [-0.1, -0.05) is 17.7 Å². The molecule has 0 aliphatic heterocycles. The van der Waals surface area contributed by atoms with Crippen LogP contribution in [0.25, 0.3) is 0 Å². The summed E-state index contributed by atoms with van der Waals surface area (Å²) in [6.45, 7) is 0. The molecule has 0 aromatic heterocycles. The van der Waals surface area contributed by atoms with E-state index in [1.165, 1.54) is 0 Å². The van der Waals surface area contributed by atoms with Gasteiger partial charge in [-0.3, -0.25) is 0 Å². The zero-order chi connectivity index (χ0) is 8.32. The first kappa shape index (κ1) is 8.78. The average molecular weight is 174 g/mol. The van der Waals surface area contributed by atoms with Crippen molar-refractivity contribution in [1.29, 1.82) is 0 Å². The summed E-state index contributed by atoms with van der Waals surface area (Å²) in [5.41, 5.74) is 0. The van der Waals surface area contributed by atoms with E-state index in [0.717, 1.165) is 0 Å². The van der Waals surface area contributed by atoms with E-state index in [1.807, 2.05) is 0 Å². The Morgan fingerprint density at radius 3 is 2.64 bits per heavy atom. The van der Waals surface area contributed by atoms with Crippen LogP contribution in [0.5, 0.6) is 0 Å². The van der Waals surface area contributed by atoms with Crippen LogP contribution in [0.2, 0.25) is 0 Å². The number of methoxy groups -OCH3 is 2. The Balaban J connectivity index is 2.63. The van der Waals surface area contributed by atoms with E-state index < -0.39 is 5.06 Å². The van der Waals surface area contributed by atoms with E-state index in [2.05, 4.69) is 6.08 Å². The minimum absolute atomic E-state index is 0.1000. The summed E-state index contributed by atoms with van der Waals surface area (Å²) in [5, 5.41) is -0.824. The molecule has 2 unspecified atom stereocenters. The Bertz CT molecular complexity index is 173. The minimum Gasteiger partial charge on any atom is -0.373 e. The molecule has 0 N–H and O–H groups in total. The maximum Gasteiger partial charge on any atom is 0.179 e. The van der Waals surface area contributed by atoms with Crippen molar-refractivity contribution in [2.45, 2.75) is 11.2 Å². The van der Waals surface area contributed by atoms with E-state index in [0.29, 0.717) is 0 Å². The van der Waals surface area contributed by atoms with Crippen molar-refractivity contribution >= 4 is 11.6 Å². The van der Waals surface area contributed by atoms with Crippen molar-refractivity contribution in [3.63, 3.8) is 0 Å². The summed E-state index contributed by atoms with van der Waals surface area (Å²) in [7, 11) is 3.16. The number of rotatable bonds is 2. The first-order valence-electron chi connectivity index (χ1n) is 3.27. The Morgan fingerprint density at radius 1 is 1.55 bits per heavy atom. The van der Waals surface area contributed by atoms with E-state index in [4.69, 9.17) is 21.1 Å². The fraction of sp³-hybridized carbons (Fsp3) is 0.500. The van der Waals surface area contributed by atoms with Gasteiger partial charge < -0.3 is 9.47 Å². The molecule has 1 radical (unpaired) electrons. The second kappa shape index (κ2) is 3.39. The monoisotopic (exact) mass is 173 g/mol. The lowest BCUT2D eigenvalue weighted by atomic mass is 10.1. The van der Waals surface area contributed by atoms with Crippen molar-refractivity contribution in [2.24, 2.45) is 0 Å². The molecule has 2 nitrogen and oxygen atoms in total. The molecule has 0 heterocycles. The quantitative estimate of drug-likeness (QED) is 0.466. The molecule has 1 aliphatic rings. The zero-order valence-electron chi connectivity index (χ0n) is 6.50. The smallest absolute Gasteiger partial charge is 0.179 e. The third kappa shape index (κ3) is 2.06. The predicted octanol–water partition coefficient (Wildman–Crippen LogP) is 1.51. The van der Waals surface area contributed by atoms with Crippen molar-refractivity contribution in [2.75, 3.05) is 14.2 Å². The van der Waals surface area contributed by atoms with Gasteiger partial charge in [0.2, 0.25) is 0 Å². The van der Waals surface area contributed by atoms with E-state index >= 15 is 0 Å². The second-order valence-corrected chi connectivity index (χ2v) is 2.82. The molecule has 1 aliphatic carbocycles. The summed E-state index contributed by atoms with van der Waals surface area (Å²) in [5.74, 6) is 0. The molecule has 0 spiro atoms. The van der Waals surface area contributed by atoms with Crippen LogP contribution >= 0.6 is 11.6 Å². The van der Waals surface area contributed by atoms with E-state index in [-0.39, 0.29) is 6.10 Å². The number of hydrogen-bond acceptors (Lipinski definition) is 2. The molecule has 0 saturated heterocycles. The summed E-state index contributed by atoms with van der Waals surface area (Å²) in [6, 6.07) is 0. The molecule has 0 amide bonds. The highest BCUT2D eigenvalue weighted by Crippen LogP contribution is 2.23. The van der Waals surface area contributed by atoms with Crippen LogP contribution in [-0.4, -0.2) is 25.4 Å². The number of halogens is 1. The molecule has 61 valence electrons. The van der Waals surface area contributed by atoms with Crippen molar-refractivity contribution in [1.82, 2.24) is 0 Å². The lowest BCUT2D eigenvalue weighted by Gasteiger charge is -2.21. The van der Waals surface area contributed by atoms with Crippen LogP contribution in [-0.2, 0) is 9.47 Å². The normalized spacial score (nSPS) is 36.1. The lowest BCUT2D eigenvalue weighted by molar-refractivity contribution is 0.127. The van der Waals surface area contributed by atoms with Gasteiger partial charge in [-0.2, -0.15) is 0 Å². The van der Waals surface area contributed by atoms with E-state index in [9.17, 15) is 0 Å². The summed E-state index contributed by atoms with van der Waals surface area (Å²) >= 11 is 5.90. The van der Waals surface area contributed by atoms with Crippen molar-refractivity contribution < 1.29 is 9.47 Å². The fourth-order valence-corrected chi connectivity index (χ4v) is 0.927. The Hall–Kier alpha value is -0.310. The standard InChI is InChI=1S/C8H10ClO2/c1-10-7-3-5-8(9,11-2)6-4-7/h3,5-7H,1-2H3. The van der Waals surface area contributed by atoms with Gasteiger partial charge in [0.05, 0.1) is 0 Å². The third-order valence-electron chi connectivity index (χ3n) is 1.51. The number of hydrogen-bond donors (Lipinski definition) is 0. The third-order valence-corrected chi connectivity index (χ3v) is 1.90. The van der Waals surface area contributed by atoms with Crippen molar-refractivity contribution in [3.05, 3.63) is 24.3 Å². The maximum absolute atomic E-state index is 5.90. The largest absolute Gasteiger partial charge is 0.373 e. The van der Waals surface area contributed by atoms with Crippen LogP contribution in [0, 0.1) is 6.08 Å². The minimum atomic E-state index is -0.824. The maximum atomic E-state index is 5.90. The number of alkyl halides is 1. The topological polar surface area (TPSA) is 18.5 Å². The Labute approximate surface area is 71.4 Å². The molecular formula is C8H10ClO2.